The topological polar surface area (TPSA) is 96.7 Å². The van der Waals surface area contributed by atoms with Gasteiger partial charge in [0, 0.05) is 32.0 Å². The standard InChI is InChI=1S/C29H29ClN4O5/c1-37-28-23(29(35)36)13-31-34(28)26-7-3-6-25(32-26)22-4-2-5-24(30)27(22)39-15-18-8-9-20-14-33(21-16-38-17-21)11-10-19(20)12-18/h2-9,12-13,21,23,28H,10-11,14-17H2,1H3,(H,35,36). The highest BCUT2D eigenvalue weighted by Gasteiger charge is 2.38. The largest absolute Gasteiger partial charge is 0.487 e. The first kappa shape index (κ1) is 25.8. The maximum Gasteiger partial charge on any atom is 0.316 e. The first-order valence-corrected chi connectivity index (χ1v) is 13.3. The van der Waals surface area contributed by atoms with Crippen molar-refractivity contribution >= 4 is 29.6 Å². The number of para-hydroxylation sites is 1. The van der Waals surface area contributed by atoms with Crippen molar-refractivity contribution in [2.75, 3.05) is 31.9 Å². The molecule has 3 aliphatic rings. The van der Waals surface area contributed by atoms with Gasteiger partial charge < -0.3 is 19.3 Å². The number of nitrogens with zero attached hydrogens (tertiary/aromatic N) is 4. The molecule has 6 rings (SSSR count). The van der Waals surface area contributed by atoms with Crippen LogP contribution in [0.3, 0.4) is 0 Å². The van der Waals surface area contributed by atoms with Gasteiger partial charge in [0.2, 0.25) is 0 Å². The SMILES string of the molecule is COC1C(C(=O)O)C=NN1c1cccc(-c2cccc(Cl)c2OCc2ccc3c(c2)CCN(C2COC2)C3)n1. The van der Waals surface area contributed by atoms with Gasteiger partial charge in [0.05, 0.1) is 30.0 Å². The van der Waals surface area contributed by atoms with E-state index < -0.39 is 18.1 Å². The zero-order chi connectivity index (χ0) is 26.9. The van der Waals surface area contributed by atoms with Gasteiger partial charge in [-0.3, -0.25) is 9.69 Å². The predicted molar refractivity (Wildman–Crippen MR) is 147 cm³/mol. The molecule has 0 radical (unpaired) electrons. The lowest BCUT2D eigenvalue weighted by atomic mass is 9.96. The zero-order valence-electron chi connectivity index (χ0n) is 21.5. The molecule has 1 saturated heterocycles. The third-order valence-electron chi connectivity index (χ3n) is 7.47. The number of hydrogen-bond donors (Lipinski definition) is 1. The Morgan fingerprint density at radius 2 is 2.00 bits per heavy atom. The molecule has 2 aromatic carbocycles. The van der Waals surface area contributed by atoms with Gasteiger partial charge in [0.15, 0.2) is 12.0 Å². The summed E-state index contributed by atoms with van der Waals surface area (Å²) in [7, 11) is 1.45. The molecule has 1 N–H and O–H groups in total. The van der Waals surface area contributed by atoms with E-state index >= 15 is 0 Å². The number of carboxylic acids is 1. The number of hydrazone groups is 1. The number of methoxy groups -OCH3 is 1. The van der Waals surface area contributed by atoms with Gasteiger partial charge >= 0.3 is 5.97 Å². The third kappa shape index (κ3) is 5.10. The molecule has 0 aliphatic carbocycles. The fraction of sp³-hybridized carbons (Fsp3) is 0.345. The summed E-state index contributed by atoms with van der Waals surface area (Å²) in [6.45, 7) is 4.03. The number of aliphatic carboxylic acids is 1. The number of anilines is 1. The van der Waals surface area contributed by atoms with Gasteiger partial charge in [-0.15, -0.1) is 0 Å². The predicted octanol–water partition coefficient (Wildman–Crippen LogP) is 4.22. The molecule has 0 saturated carbocycles. The van der Waals surface area contributed by atoms with Crippen LogP contribution in [0.5, 0.6) is 5.75 Å². The number of carboxylic acid groups (broad SMARTS) is 1. The van der Waals surface area contributed by atoms with Gasteiger partial charge in [-0.2, -0.15) is 5.10 Å². The second-order valence-electron chi connectivity index (χ2n) is 9.90. The molecule has 3 aliphatic heterocycles. The lowest BCUT2D eigenvalue weighted by molar-refractivity contribution is -0.142. The Kier molecular flexibility index (Phi) is 7.22. The average Bonchev–Trinajstić information content (AvgIpc) is 3.36. The lowest BCUT2D eigenvalue weighted by Gasteiger charge is -2.40. The molecule has 1 fully saturated rings. The van der Waals surface area contributed by atoms with Crippen molar-refractivity contribution in [2.24, 2.45) is 11.0 Å². The first-order chi connectivity index (χ1) is 19.0. The molecule has 0 bridgehead atoms. The monoisotopic (exact) mass is 548 g/mol. The van der Waals surface area contributed by atoms with E-state index in [1.165, 1.54) is 29.5 Å². The number of halogens is 1. The van der Waals surface area contributed by atoms with Gasteiger partial charge in [-0.05, 0) is 47.4 Å². The smallest absolute Gasteiger partial charge is 0.316 e. The Labute approximate surface area is 231 Å². The van der Waals surface area contributed by atoms with Crippen LogP contribution in [0.4, 0.5) is 5.82 Å². The van der Waals surface area contributed by atoms with Crippen molar-refractivity contribution < 1.29 is 24.1 Å². The zero-order valence-corrected chi connectivity index (χ0v) is 22.3. The van der Waals surface area contributed by atoms with Gasteiger partial charge in [0.25, 0.3) is 0 Å². The van der Waals surface area contributed by atoms with Gasteiger partial charge in [0.1, 0.15) is 18.3 Å². The van der Waals surface area contributed by atoms with E-state index in [-0.39, 0.29) is 0 Å². The van der Waals surface area contributed by atoms with Crippen LogP contribution < -0.4 is 9.75 Å². The molecule has 4 heterocycles. The number of ether oxygens (including phenoxy) is 3. The normalized spacial score (nSPS) is 21.0. The summed E-state index contributed by atoms with van der Waals surface area (Å²) in [4.78, 5) is 18.8. The number of fused-ring (bicyclic) bond motifs is 1. The number of hydrogen-bond acceptors (Lipinski definition) is 8. The molecule has 0 spiro atoms. The molecule has 9 nitrogen and oxygen atoms in total. The molecule has 3 aromatic rings. The number of carbonyl (C=O) groups is 1. The van der Waals surface area contributed by atoms with Crippen LogP contribution in [0.15, 0.2) is 59.7 Å². The molecule has 2 unspecified atom stereocenters. The molecule has 10 heteroatoms. The number of pyridine rings is 1. The summed E-state index contributed by atoms with van der Waals surface area (Å²) in [6.07, 6.45) is 1.58. The maximum atomic E-state index is 11.6. The van der Waals surface area contributed by atoms with Crippen molar-refractivity contribution in [3.63, 3.8) is 0 Å². The number of rotatable bonds is 8. The highest BCUT2D eigenvalue weighted by atomic mass is 35.5. The summed E-state index contributed by atoms with van der Waals surface area (Å²) < 4.78 is 17.1. The van der Waals surface area contributed by atoms with E-state index in [0.717, 1.165) is 43.9 Å². The van der Waals surface area contributed by atoms with E-state index in [9.17, 15) is 9.90 Å². The quantitative estimate of drug-likeness (QED) is 0.447. The minimum absolute atomic E-state index is 0.367. The van der Waals surface area contributed by atoms with E-state index in [1.807, 2.05) is 24.3 Å². The highest BCUT2D eigenvalue weighted by Crippen LogP contribution is 2.37. The van der Waals surface area contributed by atoms with Crippen LogP contribution in [0.2, 0.25) is 5.02 Å². The number of aromatic nitrogens is 1. The van der Waals surface area contributed by atoms with E-state index in [2.05, 4.69) is 28.2 Å². The van der Waals surface area contributed by atoms with Crippen LogP contribution in [0.25, 0.3) is 11.3 Å². The second kappa shape index (κ2) is 10.9. The molecule has 1 aromatic heterocycles. The van der Waals surface area contributed by atoms with Crippen LogP contribution in [0, 0.1) is 5.92 Å². The molecule has 39 heavy (non-hydrogen) atoms. The van der Waals surface area contributed by atoms with Crippen molar-refractivity contribution in [1.29, 1.82) is 0 Å². The van der Waals surface area contributed by atoms with E-state index in [1.54, 1.807) is 12.1 Å². The number of benzene rings is 2. The Morgan fingerprint density at radius 1 is 1.15 bits per heavy atom. The Balaban J connectivity index is 1.21. The summed E-state index contributed by atoms with van der Waals surface area (Å²) in [5.74, 6) is -0.906. The van der Waals surface area contributed by atoms with Crippen LogP contribution in [-0.4, -0.2) is 66.3 Å². The van der Waals surface area contributed by atoms with Crippen LogP contribution >= 0.6 is 11.6 Å². The van der Waals surface area contributed by atoms with Gasteiger partial charge in [-0.25, -0.2) is 9.99 Å². The van der Waals surface area contributed by atoms with Crippen LogP contribution in [0.1, 0.15) is 16.7 Å². The Bertz CT molecular complexity index is 1410. The maximum absolute atomic E-state index is 11.6. The molecular formula is C29H29ClN4O5. The van der Waals surface area contributed by atoms with Crippen molar-refractivity contribution in [1.82, 2.24) is 9.88 Å². The molecular weight excluding hydrogens is 520 g/mol. The third-order valence-corrected chi connectivity index (χ3v) is 7.77. The van der Waals surface area contributed by atoms with Crippen molar-refractivity contribution in [3.8, 4) is 17.0 Å². The summed E-state index contributed by atoms with van der Waals surface area (Å²) in [5, 5.41) is 15.7. The average molecular weight is 549 g/mol. The minimum atomic E-state index is -1.01. The fourth-order valence-corrected chi connectivity index (χ4v) is 5.46. The Morgan fingerprint density at radius 3 is 2.77 bits per heavy atom. The molecule has 202 valence electrons. The van der Waals surface area contributed by atoms with E-state index in [4.69, 9.17) is 30.8 Å². The van der Waals surface area contributed by atoms with Crippen LogP contribution in [-0.2, 0) is 33.8 Å². The molecule has 2 atom stereocenters. The molecule has 0 amide bonds. The van der Waals surface area contributed by atoms with Gasteiger partial charge in [-0.1, -0.05) is 41.9 Å². The highest BCUT2D eigenvalue weighted by molar-refractivity contribution is 6.32. The second-order valence-corrected chi connectivity index (χ2v) is 10.3. The fourth-order valence-electron chi connectivity index (χ4n) is 5.23. The summed E-state index contributed by atoms with van der Waals surface area (Å²) >= 11 is 6.60. The van der Waals surface area contributed by atoms with Crippen molar-refractivity contribution in [2.45, 2.75) is 31.8 Å². The first-order valence-electron chi connectivity index (χ1n) is 12.9. The van der Waals surface area contributed by atoms with Crippen molar-refractivity contribution in [3.05, 3.63) is 76.3 Å². The summed E-state index contributed by atoms with van der Waals surface area (Å²) in [6, 6.07) is 18.1. The lowest BCUT2D eigenvalue weighted by Crippen LogP contribution is -2.50. The van der Waals surface area contributed by atoms with E-state index in [0.29, 0.717) is 34.9 Å². The minimum Gasteiger partial charge on any atom is -0.487 e. The summed E-state index contributed by atoms with van der Waals surface area (Å²) in [5.41, 5.74) is 5.16. The Hall–Kier alpha value is -3.50.